The fourth-order valence-corrected chi connectivity index (χ4v) is 5.23. The highest BCUT2D eigenvalue weighted by Gasteiger charge is 2.34. The Balaban J connectivity index is 2.58. The third kappa shape index (κ3) is 7.83. The second-order valence-corrected chi connectivity index (χ2v) is 13.1. The maximum absolute atomic E-state index is 13.9. The molecule has 0 aliphatic carbocycles. The number of hydrogen-bond acceptors (Lipinski definition) is 4. The standard InChI is InChI=1S/C26H36Cl2N4O4S/c1-17-12-13-18(2)23(14-17)32(37(35,36)30(7)8)16-24(33)31(19(3)25(34)29-26(4,5)6)15-20-21(27)10-9-11-22(20)28/h9-14,19H,15-16H2,1-8H3,(H,29,34). The van der Waals surface area contributed by atoms with E-state index in [1.807, 2.05) is 33.8 Å². The number of nitrogens with one attached hydrogen (secondary N) is 1. The van der Waals surface area contributed by atoms with Crippen molar-refractivity contribution in [3.05, 3.63) is 63.1 Å². The van der Waals surface area contributed by atoms with Crippen molar-refractivity contribution < 1.29 is 18.0 Å². The van der Waals surface area contributed by atoms with Crippen LogP contribution in [0.3, 0.4) is 0 Å². The number of anilines is 1. The summed E-state index contributed by atoms with van der Waals surface area (Å²) < 4.78 is 28.9. The zero-order valence-corrected chi connectivity index (χ0v) is 24.9. The molecule has 2 aromatic carbocycles. The highest BCUT2D eigenvalue weighted by molar-refractivity contribution is 7.90. The van der Waals surface area contributed by atoms with Gasteiger partial charge >= 0.3 is 10.2 Å². The quantitative estimate of drug-likeness (QED) is 0.478. The largest absolute Gasteiger partial charge is 0.350 e. The Kier molecular flexibility index (Phi) is 10.0. The number of carbonyl (C=O) groups excluding carboxylic acids is 2. The molecule has 2 rings (SSSR count). The second-order valence-electron chi connectivity index (χ2n) is 10.2. The van der Waals surface area contributed by atoms with Gasteiger partial charge in [-0.3, -0.25) is 9.59 Å². The molecule has 0 bridgehead atoms. The Morgan fingerprint density at radius 3 is 2.11 bits per heavy atom. The van der Waals surface area contributed by atoms with Gasteiger partial charge in [-0.1, -0.05) is 41.4 Å². The first-order chi connectivity index (χ1) is 17.0. The van der Waals surface area contributed by atoms with Crippen LogP contribution in [0.15, 0.2) is 36.4 Å². The lowest BCUT2D eigenvalue weighted by molar-refractivity contribution is -0.140. The molecule has 2 aromatic rings. The Bertz CT molecular complexity index is 1240. The Morgan fingerprint density at radius 2 is 1.59 bits per heavy atom. The Hall–Kier alpha value is -2.33. The van der Waals surface area contributed by atoms with Crippen LogP contribution in [0.4, 0.5) is 5.69 Å². The van der Waals surface area contributed by atoms with Crippen molar-refractivity contribution in [1.82, 2.24) is 14.5 Å². The number of hydrogen-bond donors (Lipinski definition) is 1. The van der Waals surface area contributed by atoms with Crippen LogP contribution in [0.5, 0.6) is 0 Å². The van der Waals surface area contributed by atoms with Crippen molar-refractivity contribution in [3.8, 4) is 0 Å². The predicted octanol–water partition coefficient (Wildman–Crippen LogP) is 4.56. The monoisotopic (exact) mass is 570 g/mol. The van der Waals surface area contributed by atoms with Crippen LogP contribution in [0.1, 0.15) is 44.4 Å². The smallest absolute Gasteiger partial charge is 0.304 e. The van der Waals surface area contributed by atoms with E-state index in [1.165, 1.54) is 19.0 Å². The first-order valence-corrected chi connectivity index (χ1v) is 13.9. The Labute approximate surface area is 230 Å². The molecular formula is C26H36Cl2N4O4S. The van der Waals surface area contributed by atoms with Crippen LogP contribution in [0, 0.1) is 13.8 Å². The molecule has 8 nitrogen and oxygen atoms in total. The van der Waals surface area contributed by atoms with E-state index in [0.29, 0.717) is 26.9 Å². The zero-order chi connectivity index (χ0) is 28.3. The maximum atomic E-state index is 13.9. The maximum Gasteiger partial charge on any atom is 0.304 e. The van der Waals surface area contributed by atoms with Gasteiger partial charge in [-0.15, -0.1) is 0 Å². The first-order valence-electron chi connectivity index (χ1n) is 11.8. The van der Waals surface area contributed by atoms with Gasteiger partial charge in [-0.25, -0.2) is 4.31 Å². The molecule has 2 amide bonds. The van der Waals surface area contributed by atoms with Crippen molar-refractivity contribution >= 4 is 50.9 Å². The fraction of sp³-hybridized carbons (Fsp3) is 0.462. The summed E-state index contributed by atoms with van der Waals surface area (Å²) in [6.07, 6.45) is 0. The van der Waals surface area contributed by atoms with Gasteiger partial charge in [0.05, 0.1) is 5.69 Å². The van der Waals surface area contributed by atoms with Crippen molar-refractivity contribution in [1.29, 1.82) is 0 Å². The van der Waals surface area contributed by atoms with Gasteiger partial charge in [0.15, 0.2) is 0 Å². The summed E-state index contributed by atoms with van der Waals surface area (Å²) in [4.78, 5) is 28.3. The number of rotatable bonds is 9. The zero-order valence-electron chi connectivity index (χ0n) is 22.6. The molecule has 0 heterocycles. The van der Waals surface area contributed by atoms with Crippen molar-refractivity contribution in [2.24, 2.45) is 0 Å². The molecule has 0 aliphatic rings. The third-order valence-electron chi connectivity index (χ3n) is 5.71. The number of aryl methyl sites for hydroxylation is 2. The lowest BCUT2D eigenvalue weighted by Crippen LogP contribution is -2.55. The summed E-state index contributed by atoms with van der Waals surface area (Å²) in [6, 6.07) is 9.41. The number of amides is 2. The van der Waals surface area contributed by atoms with Crippen LogP contribution in [-0.4, -0.2) is 61.7 Å². The van der Waals surface area contributed by atoms with E-state index in [1.54, 1.807) is 44.2 Å². The van der Waals surface area contributed by atoms with Crippen LogP contribution in [-0.2, 0) is 26.3 Å². The summed E-state index contributed by atoms with van der Waals surface area (Å²) in [7, 11) is -1.25. The van der Waals surface area contributed by atoms with Gasteiger partial charge in [0.25, 0.3) is 0 Å². The van der Waals surface area contributed by atoms with Crippen LogP contribution >= 0.6 is 23.2 Å². The summed E-state index contributed by atoms with van der Waals surface area (Å²) >= 11 is 12.8. The molecule has 0 fully saturated rings. The summed E-state index contributed by atoms with van der Waals surface area (Å²) in [5, 5.41) is 3.55. The van der Waals surface area contributed by atoms with E-state index in [0.717, 1.165) is 14.2 Å². The first kappa shape index (κ1) is 30.9. The van der Waals surface area contributed by atoms with E-state index < -0.39 is 40.1 Å². The average Bonchev–Trinajstić information content (AvgIpc) is 2.77. The lowest BCUT2D eigenvalue weighted by Gasteiger charge is -2.34. The molecular weight excluding hydrogens is 535 g/mol. The van der Waals surface area contributed by atoms with Gasteiger partial charge in [0, 0.05) is 41.8 Å². The third-order valence-corrected chi connectivity index (χ3v) is 8.22. The van der Waals surface area contributed by atoms with Crippen molar-refractivity contribution in [2.75, 3.05) is 24.9 Å². The van der Waals surface area contributed by atoms with Gasteiger partial charge < -0.3 is 10.2 Å². The predicted molar refractivity (Wildman–Crippen MR) is 150 cm³/mol. The van der Waals surface area contributed by atoms with Crippen LogP contribution in [0.2, 0.25) is 10.0 Å². The van der Waals surface area contributed by atoms with E-state index in [-0.39, 0.29) is 6.54 Å². The molecule has 1 atom stereocenters. The van der Waals surface area contributed by atoms with Gasteiger partial charge in [-0.2, -0.15) is 12.7 Å². The molecule has 0 aliphatic heterocycles. The van der Waals surface area contributed by atoms with Crippen LogP contribution in [0.25, 0.3) is 0 Å². The molecule has 1 N–H and O–H groups in total. The number of halogens is 2. The van der Waals surface area contributed by atoms with Gasteiger partial charge in [0.2, 0.25) is 11.8 Å². The molecule has 1 unspecified atom stereocenters. The van der Waals surface area contributed by atoms with E-state index in [4.69, 9.17) is 23.2 Å². The molecule has 37 heavy (non-hydrogen) atoms. The molecule has 0 radical (unpaired) electrons. The molecule has 0 aromatic heterocycles. The topological polar surface area (TPSA) is 90.0 Å². The van der Waals surface area contributed by atoms with Gasteiger partial charge in [0.1, 0.15) is 12.6 Å². The molecule has 11 heteroatoms. The fourth-order valence-electron chi connectivity index (χ4n) is 3.60. The van der Waals surface area contributed by atoms with Gasteiger partial charge in [-0.05, 0) is 70.9 Å². The normalized spacial score (nSPS) is 12.8. The van der Waals surface area contributed by atoms with E-state index in [9.17, 15) is 18.0 Å². The minimum absolute atomic E-state index is 0.0846. The highest BCUT2D eigenvalue weighted by Crippen LogP contribution is 2.29. The second kappa shape index (κ2) is 12.0. The van der Waals surface area contributed by atoms with E-state index in [2.05, 4.69) is 5.32 Å². The lowest BCUT2D eigenvalue weighted by atomic mass is 10.1. The minimum atomic E-state index is -4.06. The molecule has 0 saturated heterocycles. The summed E-state index contributed by atoms with van der Waals surface area (Å²) in [5.74, 6) is -0.975. The highest BCUT2D eigenvalue weighted by atomic mass is 35.5. The summed E-state index contributed by atoms with van der Waals surface area (Å²) in [5.41, 5.74) is 1.82. The average molecular weight is 572 g/mol. The molecule has 204 valence electrons. The minimum Gasteiger partial charge on any atom is -0.350 e. The molecule has 0 spiro atoms. The molecule has 0 saturated carbocycles. The Morgan fingerprint density at radius 1 is 1.03 bits per heavy atom. The van der Waals surface area contributed by atoms with Crippen molar-refractivity contribution in [3.63, 3.8) is 0 Å². The SMILES string of the molecule is Cc1ccc(C)c(N(CC(=O)N(Cc2c(Cl)cccc2Cl)C(C)C(=O)NC(C)(C)C)S(=O)(=O)N(C)C)c1. The number of carbonyl (C=O) groups is 2. The number of benzene rings is 2. The van der Waals surface area contributed by atoms with Crippen molar-refractivity contribution in [2.45, 2.75) is 59.7 Å². The van der Waals surface area contributed by atoms with Crippen LogP contribution < -0.4 is 9.62 Å². The summed E-state index contributed by atoms with van der Waals surface area (Å²) in [6.45, 7) is 10.1. The van der Waals surface area contributed by atoms with E-state index >= 15 is 0 Å². The number of nitrogens with zero attached hydrogens (tertiary/aromatic N) is 3.